The Morgan fingerprint density at radius 3 is 2.09 bits per heavy atom. The zero-order chi connectivity index (χ0) is 35.3. The van der Waals surface area contributed by atoms with Gasteiger partial charge in [0.25, 0.3) is 0 Å². The molecular weight excluding hydrogens is 592 g/mol. The van der Waals surface area contributed by atoms with Crippen LogP contribution in [0.4, 0.5) is 0 Å². The number of ether oxygens (including phenoxy) is 2. The fourth-order valence-electron chi connectivity index (χ4n) is 5.80. The number of aliphatic hydroxyl groups excluding tert-OH is 3. The lowest BCUT2D eigenvalue weighted by molar-refractivity contribution is -0.154. The first-order valence-corrected chi connectivity index (χ1v) is 16.4. The smallest absolute Gasteiger partial charge is 0.342 e. The van der Waals surface area contributed by atoms with Gasteiger partial charge in [0.05, 0.1) is 30.3 Å². The van der Waals surface area contributed by atoms with Crippen LogP contribution in [0.2, 0.25) is 0 Å². The number of aliphatic carboxylic acids is 1. The van der Waals surface area contributed by atoms with Crippen LogP contribution in [0.15, 0.2) is 47.3 Å². The number of hydrogen-bond acceptors (Lipinski definition) is 9. The van der Waals surface area contributed by atoms with Gasteiger partial charge >= 0.3 is 17.9 Å². The molecule has 260 valence electrons. The van der Waals surface area contributed by atoms with Crippen molar-refractivity contribution < 1.29 is 49.1 Å². The van der Waals surface area contributed by atoms with Gasteiger partial charge in [0.15, 0.2) is 0 Å². The first kappa shape index (κ1) is 40.9. The fourth-order valence-corrected chi connectivity index (χ4v) is 5.80. The van der Waals surface area contributed by atoms with Crippen molar-refractivity contribution in [2.75, 3.05) is 0 Å². The van der Waals surface area contributed by atoms with Crippen molar-refractivity contribution in [2.45, 2.75) is 125 Å². The van der Waals surface area contributed by atoms with Crippen LogP contribution >= 0.6 is 0 Å². The third-order valence-corrected chi connectivity index (χ3v) is 8.99. The SMILES string of the molecule is C=C1OC(=O)C([C@H](O)CC(=O)O[C@H](C)[C@@H](C)[C@H](O)CC(=O)[C@@H](C)C(O)CC[C@H](C)C[C@@H](C)CC(C)/C=C(/C=C/C(=O)O)CC)=C1C. The third kappa shape index (κ3) is 13.7. The van der Waals surface area contributed by atoms with E-state index in [0.717, 1.165) is 37.3 Å². The molecule has 0 saturated carbocycles. The molecule has 0 aromatic carbocycles. The molecular formula is C36H56O10. The Hall–Kier alpha value is -3.08. The number of allylic oxidation sites excluding steroid dienone is 4. The van der Waals surface area contributed by atoms with Gasteiger partial charge in [-0.1, -0.05) is 65.8 Å². The lowest BCUT2D eigenvalue weighted by Crippen LogP contribution is -2.36. The molecule has 0 saturated heterocycles. The number of esters is 2. The number of carbonyl (C=O) groups excluding carboxylic acids is 3. The van der Waals surface area contributed by atoms with Crippen LogP contribution in [0.3, 0.4) is 0 Å². The number of carboxylic acid groups (broad SMARTS) is 1. The summed E-state index contributed by atoms with van der Waals surface area (Å²) in [6.45, 7) is 18.5. The number of aliphatic hydroxyl groups is 3. The summed E-state index contributed by atoms with van der Waals surface area (Å²) >= 11 is 0. The van der Waals surface area contributed by atoms with Crippen LogP contribution in [0.25, 0.3) is 0 Å². The quantitative estimate of drug-likeness (QED) is 0.0713. The average Bonchev–Trinajstić information content (AvgIpc) is 3.22. The Morgan fingerprint density at radius 2 is 1.54 bits per heavy atom. The van der Waals surface area contributed by atoms with E-state index in [1.807, 2.05) is 6.92 Å². The molecule has 0 spiro atoms. The van der Waals surface area contributed by atoms with Crippen molar-refractivity contribution in [3.8, 4) is 0 Å². The van der Waals surface area contributed by atoms with Gasteiger partial charge in [0.2, 0.25) is 0 Å². The summed E-state index contributed by atoms with van der Waals surface area (Å²) in [5, 5.41) is 40.7. The molecule has 10 heteroatoms. The van der Waals surface area contributed by atoms with Crippen molar-refractivity contribution in [1.29, 1.82) is 0 Å². The Bertz CT molecular complexity index is 1170. The third-order valence-electron chi connectivity index (χ3n) is 8.99. The summed E-state index contributed by atoms with van der Waals surface area (Å²) in [6.07, 6.45) is 3.95. The minimum absolute atomic E-state index is 0.0399. The summed E-state index contributed by atoms with van der Waals surface area (Å²) in [5.74, 6) is -2.87. The zero-order valence-electron chi connectivity index (χ0n) is 28.8. The van der Waals surface area contributed by atoms with E-state index in [0.29, 0.717) is 29.7 Å². The van der Waals surface area contributed by atoms with Gasteiger partial charge in [0.1, 0.15) is 17.6 Å². The van der Waals surface area contributed by atoms with E-state index in [9.17, 15) is 34.5 Å². The highest BCUT2D eigenvalue weighted by molar-refractivity contribution is 5.96. The minimum Gasteiger partial charge on any atom is -0.478 e. The molecule has 0 amide bonds. The number of cyclic esters (lactones) is 1. The van der Waals surface area contributed by atoms with Gasteiger partial charge in [0, 0.05) is 29.9 Å². The summed E-state index contributed by atoms with van der Waals surface area (Å²) in [6, 6.07) is 0. The van der Waals surface area contributed by atoms with E-state index >= 15 is 0 Å². The summed E-state index contributed by atoms with van der Waals surface area (Å²) in [7, 11) is 0. The minimum atomic E-state index is -1.42. The molecule has 2 unspecified atom stereocenters. The first-order chi connectivity index (χ1) is 21.4. The highest BCUT2D eigenvalue weighted by Gasteiger charge is 2.34. The molecule has 0 radical (unpaired) electrons. The van der Waals surface area contributed by atoms with Crippen molar-refractivity contribution in [1.82, 2.24) is 0 Å². The number of Topliss-reactive ketones (excluding diaryl/α,β-unsaturated/α-hetero) is 1. The van der Waals surface area contributed by atoms with Crippen molar-refractivity contribution in [2.24, 2.45) is 29.6 Å². The summed E-state index contributed by atoms with van der Waals surface area (Å²) in [4.78, 5) is 48.0. The predicted octanol–water partition coefficient (Wildman–Crippen LogP) is 5.46. The van der Waals surface area contributed by atoms with E-state index in [4.69, 9.17) is 14.6 Å². The number of carbonyl (C=O) groups is 4. The number of rotatable bonds is 21. The maximum Gasteiger partial charge on any atom is 0.342 e. The summed E-state index contributed by atoms with van der Waals surface area (Å²) < 4.78 is 10.2. The van der Waals surface area contributed by atoms with Crippen LogP contribution < -0.4 is 0 Å². The largest absolute Gasteiger partial charge is 0.478 e. The maximum atomic E-state index is 12.9. The second kappa shape index (κ2) is 19.6. The fraction of sp³-hybridized carbons (Fsp3) is 0.667. The molecule has 0 bridgehead atoms. The number of hydrogen-bond donors (Lipinski definition) is 4. The van der Waals surface area contributed by atoms with E-state index < -0.39 is 60.6 Å². The van der Waals surface area contributed by atoms with Crippen LogP contribution in [0.5, 0.6) is 0 Å². The van der Waals surface area contributed by atoms with E-state index in [1.54, 1.807) is 33.8 Å². The molecule has 1 aliphatic rings. The Morgan fingerprint density at radius 1 is 0.913 bits per heavy atom. The van der Waals surface area contributed by atoms with Gasteiger partial charge < -0.3 is 29.9 Å². The van der Waals surface area contributed by atoms with E-state index in [-0.39, 0.29) is 23.5 Å². The number of carboxylic acids is 1. The molecule has 46 heavy (non-hydrogen) atoms. The molecule has 1 heterocycles. The highest BCUT2D eigenvalue weighted by Crippen LogP contribution is 2.29. The second-order valence-corrected chi connectivity index (χ2v) is 13.2. The van der Waals surface area contributed by atoms with Crippen LogP contribution in [-0.2, 0) is 28.7 Å². The van der Waals surface area contributed by atoms with E-state index in [1.165, 1.54) is 0 Å². The summed E-state index contributed by atoms with van der Waals surface area (Å²) in [5.41, 5.74) is 1.33. The molecule has 0 aliphatic carbocycles. The molecule has 0 aromatic rings. The van der Waals surface area contributed by atoms with Crippen LogP contribution in [0.1, 0.15) is 100 Å². The van der Waals surface area contributed by atoms with Crippen molar-refractivity contribution in [3.05, 3.63) is 47.3 Å². The lowest BCUT2D eigenvalue weighted by atomic mass is 9.84. The zero-order valence-corrected chi connectivity index (χ0v) is 28.8. The monoisotopic (exact) mass is 648 g/mol. The van der Waals surface area contributed by atoms with E-state index in [2.05, 4.69) is 33.4 Å². The molecule has 10 nitrogen and oxygen atoms in total. The molecule has 9 atom stereocenters. The standard InChI is InChI=1S/C36H56O10/c1-10-28(12-14-33(41)42)17-22(4)16-21(3)15-20(2)11-13-29(37)25(7)31(39)18-30(38)23(5)26(8)45-34(43)19-32(40)35-24(6)27(9)46-36(35)44/h12,14,17,20-23,25-26,29-30,32,37-38,40H,9-11,13,15-16,18-19H2,1-8H3,(H,41,42)/b14-12+,28-17+/t20-,21+,22?,23+,25-,26+,29?,30+,32+/m0/s1. The van der Waals surface area contributed by atoms with Crippen molar-refractivity contribution >= 4 is 23.7 Å². The van der Waals surface area contributed by atoms with Crippen molar-refractivity contribution in [3.63, 3.8) is 0 Å². The second-order valence-electron chi connectivity index (χ2n) is 13.2. The predicted molar refractivity (Wildman–Crippen MR) is 175 cm³/mol. The first-order valence-electron chi connectivity index (χ1n) is 16.4. The van der Waals surface area contributed by atoms with Crippen LogP contribution in [0, 0.1) is 29.6 Å². The molecule has 0 fully saturated rings. The molecule has 1 rings (SSSR count). The molecule has 1 aliphatic heterocycles. The van der Waals surface area contributed by atoms with Gasteiger partial charge in [-0.2, -0.15) is 0 Å². The van der Waals surface area contributed by atoms with Gasteiger partial charge in [-0.25, -0.2) is 9.59 Å². The van der Waals surface area contributed by atoms with Crippen LogP contribution in [-0.4, -0.2) is 68.5 Å². The number of ketones is 1. The Kier molecular flexibility index (Phi) is 17.4. The maximum absolute atomic E-state index is 12.9. The topological polar surface area (TPSA) is 168 Å². The Labute approximate surface area is 274 Å². The lowest BCUT2D eigenvalue weighted by Gasteiger charge is -2.27. The highest BCUT2D eigenvalue weighted by atomic mass is 16.5. The molecule has 0 aromatic heterocycles. The van der Waals surface area contributed by atoms with Gasteiger partial charge in [-0.15, -0.1) is 0 Å². The Balaban J connectivity index is 2.52. The van der Waals surface area contributed by atoms with Gasteiger partial charge in [-0.3, -0.25) is 9.59 Å². The van der Waals surface area contributed by atoms with Gasteiger partial charge in [-0.05, 0) is 63.7 Å². The molecule has 4 N–H and O–H groups in total. The normalized spacial score (nSPS) is 20.0. The average molecular weight is 649 g/mol.